The zero-order valence-corrected chi connectivity index (χ0v) is 15.3. The lowest BCUT2D eigenvalue weighted by Gasteiger charge is -2.03. The number of hydrogen-bond acceptors (Lipinski definition) is 6. The fourth-order valence-electron chi connectivity index (χ4n) is 3.21. The molecule has 5 aromatic heterocycles. The van der Waals surface area contributed by atoms with E-state index in [0.29, 0.717) is 18.5 Å². The van der Waals surface area contributed by atoms with Crippen LogP contribution in [0.3, 0.4) is 0 Å². The third kappa shape index (κ3) is 2.63. The van der Waals surface area contributed by atoms with E-state index in [4.69, 9.17) is 4.98 Å². The van der Waals surface area contributed by atoms with Crippen molar-refractivity contribution in [2.75, 3.05) is 0 Å². The predicted molar refractivity (Wildman–Crippen MR) is 103 cm³/mol. The summed E-state index contributed by atoms with van der Waals surface area (Å²) in [5.41, 5.74) is 3.00. The van der Waals surface area contributed by atoms with Crippen molar-refractivity contribution in [2.24, 2.45) is 7.05 Å². The second-order valence-corrected chi connectivity index (χ2v) is 7.34. The van der Waals surface area contributed by atoms with E-state index in [1.807, 2.05) is 35.9 Å². The molecular formula is C18H15N7OS. The van der Waals surface area contributed by atoms with Crippen LogP contribution in [0.2, 0.25) is 0 Å². The Bertz CT molecular complexity index is 1300. The number of aromatic nitrogens is 7. The van der Waals surface area contributed by atoms with E-state index < -0.39 is 0 Å². The van der Waals surface area contributed by atoms with Crippen LogP contribution in [-0.4, -0.2) is 34.5 Å². The summed E-state index contributed by atoms with van der Waals surface area (Å²) in [7, 11) is 1.87. The molecule has 0 amide bonds. The Balaban J connectivity index is 1.60. The molecule has 0 radical (unpaired) electrons. The van der Waals surface area contributed by atoms with E-state index in [9.17, 15) is 4.79 Å². The molecule has 5 rings (SSSR count). The number of H-pyrrole nitrogens is 1. The molecule has 0 bridgehead atoms. The number of nitrogens with zero attached hydrogens (tertiary/aromatic N) is 6. The number of hydrogen-bond donors (Lipinski definition) is 1. The topological polar surface area (TPSA) is 94.3 Å². The molecule has 8 nitrogen and oxygen atoms in total. The molecule has 0 aliphatic heterocycles. The summed E-state index contributed by atoms with van der Waals surface area (Å²) < 4.78 is 4.26. The molecule has 0 spiro atoms. The average molecular weight is 377 g/mol. The number of aryl methyl sites for hydroxylation is 1. The smallest absolute Gasteiger partial charge is 0.291 e. The molecule has 0 saturated heterocycles. The molecule has 0 fully saturated rings. The van der Waals surface area contributed by atoms with Crippen molar-refractivity contribution in [3.8, 4) is 0 Å². The first-order valence-electron chi connectivity index (χ1n) is 8.43. The van der Waals surface area contributed by atoms with Gasteiger partial charge < -0.3 is 4.57 Å². The second kappa shape index (κ2) is 6.13. The lowest BCUT2D eigenvalue weighted by molar-refractivity contribution is 0.631. The maximum Gasteiger partial charge on any atom is 0.291 e. The fraction of sp³-hybridized carbons (Fsp3) is 0.167. The molecule has 0 saturated carbocycles. The van der Waals surface area contributed by atoms with Crippen LogP contribution in [0.4, 0.5) is 0 Å². The Morgan fingerprint density at radius 3 is 2.93 bits per heavy atom. The summed E-state index contributed by atoms with van der Waals surface area (Å²) in [5.74, 6) is 0. The summed E-state index contributed by atoms with van der Waals surface area (Å²) in [6.07, 6.45) is 5.92. The highest BCUT2D eigenvalue weighted by atomic mass is 32.1. The van der Waals surface area contributed by atoms with Crippen molar-refractivity contribution in [3.05, 3.63) is 69.6 Å². The average Bonchev–Trinajstić information content (AvgIpc) is 3.38. The number of rotatable bonds is 4. The third-order valence-corrected chi connectivity index (χ3v) is 5.58. The van der Waals surface area contributed by atoms with Crippen LogP contribution in [0, 0.1) is 0 Å². The van der Waals surface area contributed by atoms with E-state index in [2.05, 4.69) is 20.3 Å². The standard InChI is InChI=1S/C18H15N7OS/c1-24-15-13(9-21-25(18(15)26)10-12-5-7-20-23-12)16-17(24)22-14(27-16)8-11-4-2-3-6-19-11/h2-7,9H,8,10H2,1H3,(H,20,23). The first-order chi connectivity index (χ1) is 13.2. The summed E-state index contributed by atoms with van der Waals surface area (Å²) in [4.78, 5) is 22.0. The maximum atomic E-state index is 12.9. The Morgan fingerprint density at radius 2 is 2.15 bits per heavy atom. The zero-order valence-electron chi connectivity index (χ0n) is 14.5. The van der Waals surface area contributed by atoms with Crippen molar-refractivity contribution in [1.82, 2.24) is 34.5 Å². The SMILES string of the molecule is Cn1c2nc(Cc3ccccn3)sc2c2cnn(Cc3cc[nH]n3)c(=O)c21. The minimum absolute atomic E-state index is 0.144. The van der Waals surface area contributed by atoms with E-state index in [0.717, 1.165) is 32.1 Å². The Kier molecular flexibility index (Phi) is 3.61. The van der Waals surface area contributed by atoms with Crippen molar-refractivity contribution < 1.29 is 0 Å². The minimum Gasteiger partial charge on any atom is -0.323 e. The molecule has 0 aromatic carbocycles. The number of nitrogens with one attached hydrogen (secondary N) is 1. The van der Waals surface area contributed by atoms with Gasteiger partial charge >= 0.3 is 0 Å². The third-order valence-electron chi connectivity index (χ3n) is 4.50. The van der Waals surface area contributed by atoms with E-state index in [1.165, 1.54) is 4.68 Å². The van der Waals surface area contributed by atoms with Crippen LogP contribution in [0.1, 0.15) is 16.4 Å². The van der Waals surface area contributed by atoms with E-state index in [-0.39, 0.29) is 5.56 Å². The van der Waals surface area contributed by atoms with E-state index in [1.54, 1.807) is 29.9 Å². The Hall–Kier alpha value is -3.33. The molecule has 0 atom stereocenters. The molecule has 27 heavy (non-hydrogen) atoms. The van der Waals surface area contributed by atoms with Crippen molar-refractivity contribution >= 4 is 32.6 Å². The maximum absolute atomic E-state index is 12.9. The van der Waals surface area contributed by atoms with Crippen LogP contribution >= 0.6 is 11.3 Å². The molecule has 0 unspecified atom stereocenters. The highest BCUT2D eigenvalue weighted by Crippen LogP contribution is 2.31. The van der Waals surface area contributed by atoms with E-state index >= 15 is 0 Å². The van der Waals surface area contributed by atoms with Gasteiger partial charge in [-0.3, -0.25) is 14.9 Å². The van der Waals surface area contributed by atoms with Gasteiger partial charge in [-0.15, -0.1) is 11.3 Å². The molecule has 134 valence electrons. The largest absolute Gasteiger partial charge is 0.323 e. The number of thiazole rings is 1. The zero-order chi connectivity index (χ0) is 18.4. The fourth-order valence-corrected chi connectivity index (χ4v) is 4.33. The second-order valence-electron chi connectivity index (χ2n) is 6.25. The summed E-state index contributed by atoms with van der Waals surface area (Å²) in [5, 5.41) is 13.0. The van der Waals surface area contributed by atoms with Gasteiger partial charge in [-0.2, -0.15) is 10.2 Å². The lowest BCUT2D eigenvalue weighted by Crippen LogP contribution is -2.24. The normalized spacial score (nSPS) is 11.6. The number of aromatic amines is 1. The summed E-state index contributed by atoms with van der Waals surface area (Å²) in [6.45, 7) is 0.329. The molecule has 1 N–H and O–H groups in total. The van der Waals surface area contributed by atoms with Gasteiger partial charge in [0, 0.05) is 36.9 Å². The van der Waals surface area contributed by atoms with Crippen molar-refractivity contribution in [3.63, 3.8) is 0 Å². The number of pyridine rings is 1. The molecule has 0 aliphatic carbocycles. The van der Waals surface area contributed by atoms with Gasteiger partial charge in [0.15, 0.2) is 5.65 Å². The first kappa shape index (κ1) is 15.9. The van der Waals surface area contributed by atoms with Crippen molar-refractivity contribution in [1.29, 1.82) is 0 Å². The highest BCUT2D eigenvalue weighted by Gasteiger charge is 2.18. The van der Waals surface area contributed by atoms with Gasteiger partial charge in [-0.1, -0.05) is 6.07 Å². The molecule has 0 aliphatic rings. The van der Waals surface area contributed by atoms with Gasteiger partial charge in [0.05, 0.1) is 23.1 Å². The molecule has 5 aromatic rings. The Labute approximate surface area is 157 Å². The van der Waals surface area contributed by atoms with Crippen LogP contribution in [0.25, 0.3) is 21.3 Å². The predicted octanol–water partition coefficient (Wildman–Crippen LogP) is 2.10. The van der Waals surface area contributed by atoms with Crippen LogP contribution in [0.15, 0.2) is 47.7 Å². The summed E-state index contributed by atoms with van der Waals surface area (Å²) in [6, 6.07) is 7.68. The van der Waals surface area contributed by atoms with Gasteiger partial charge in [-0.25, -0.2) is 9.67 Å². The van der Waals surface area contributed by atoms with Gasteiger partial charge in [0.25, 0.3) is 5.56 Å². The lowest BCUT2D eigenvalue weighted by atomic mass is 10.3. The van der Waals surface area contributed by atoms with Gasteiger partial charge in [0.1, 0.15) is 10.5 Å². The van der Waals surface area contributed by atoms with Crippen LogP contribution in [0.5, 0.6) is 0 Å². The van der Waals surface area contributed by atoms with Crippen LogP contribution < -0.4 is 5.56 Å². The van der Waals surface area contributed by atoms with Gasteiger partial charge in [0.2, 0.25) is 0 Å². The summed E-state index contributed by atoms with van der Waals surface area (Å²) >= 11 is 1.58. The molecule has 5 heterocycles. The monoisotopic (exact) mass is 377 g/mol. The van der Waals surface area contributed by atoms with Gasteiger partial charge in [-0.05, 0) is 18.2 Å². The van der Waals surface area contributed by atoms with Crippen molar-refractivity contribution in [2.45, 2.75) is 13.0 Å². The minimum atomic E-state index is -0.144. The Morgan fingerprint density at radius 1 is 1.22 bits per heavy atom. The molecular weight excluding hydrogens is 362 g/mol. The van der Waals surface area contributed by atoms with Crippen LogP contribution in [-0.2, 0) is 20.0 Å². The quantitative estimate of drug-likeness (QED) is 0.518. The first-order valence-corrected chi connectivity index (χ1v) is 9.25. The highest BCUT2D eigenvalue weighted by molar-refractivity contribution is 7.19. The number of fused-ring (bicyclic) bond motifs is 3. The molecule has 9 heteroatoms.